The summed E-state index contributed by atoms with van der Waals surface area (Å²) in [6.07, 6.45) is 1.61. The molecule has 1 aliphatic rings. The molecule has 1 N–H and O–H groups in total. The van der Waals surface area contributed by atoms with Crippen LogP contribution in [0.1, 0.15) is 12.8 Å². The molecule has 0 atom stereocenters. The number of aliphatic hydroxyl groups excluding tert-OH is 1. The Morgan fingerprint density at radius 1 is 1.37 bits per heavy atom. The number of amides is 1. The molecule has 1 aromatic rings. The van der Waals surface area contributed by atoms with Crippen molar-refractivity contribution in [2.24, 2.45) is 5.92 Å². The first-order chi connectivity index (χ1) is 9.20. The van der Waals surface area contributed by atoms with Crippen LogP contribution in [0.4, 0.5) is 4.39 Å². The molecule has 0 spiro atoms. The maximum absolute atomic E-state index is 13.3. The zero-order chi connectivity index (χ0) is 13.7. The highest BCUT2D eigenvalue weighted by Gasteiger charge is 2.22. The second-order valence-corrected chi connectivity index (χ2v) is 4.73. The van der Waals surface area contributed by atoms with Gasteiger partial charge in [-0.25, -0.2) is 4.39 Å². The summed E-state index contributed by atoms with van der Waals surface area (Å²) in [6.45, 7) is 1.29. The van der Waals surface area contributed by atoms with Gasteiger partial charge in [0.15, 0.2) is 18.2 Å². The highest BCUT2D eigenvalue weighted by molar-refractivity contribution is 5.77. The molecule has 2 rings (SSSR count). The minimum atomic E-state index is -0.464. The summed E-state index contributed by atoms with van der Waals surface area (Å²) in [5, 5.41) is 9.03. The van der Waals surface area contributed by atoms with Gasteiger partial charge in [0.1, 0.15) is 0 Å². The summed E-state index contributed by atoms with van der Waals surface area (Å²) in [4.78, 5) is 13.6. The van der Waals surface area contributed by atoms with Crippen LogP contribution in [-0.4, -0.2) is 42.2 Å². The van der Waals surface area contributed by atoms with Crippen molar-refractivity contribution in [1.82, 2.24) is 4.90 Å². The van der Waals surface area contributed by atoms with E-state index < -0.39 is 5.82 Å². The maximum Gasteiger partial charge on any atom is 0.260 e. The quantitative estimate of drug-likeness (QED) is 0.898. The number of carbonyl (C=O) groups excluding carboxylic acids is 1. The Morgan fingerprint density at radius 3 is 2.68 bits per heavy atom. The molecule has 0 unspecified atom stereocenters. The molecule has 1 amide bonds. The Hall–Kier alpha value is -1.62. The van der Waals surface area contributed by atoms with Crippen molar-refractivity contribution in [3.8, 4) is 5.75 Å². The van der Waals surface area contributed by atoms with Gasteiger partial charge in [-0.3, -0.25) is 4.79 Å². The Balaban J connectivity index is 1.81. The van der Waals surface area contributed by atoms with Gasteiger partial charge in [-0.05, 0) is 30.9 Å². The number of benzene rings is 1. The van der Waals surface area contributed by atoms with E-state index in [0.29, 0.717) is 13.1 Å². The predicted molar refractivity (Wildman–Crippen MR) is 68.3 cm³/mol. The van der Waals surface area contributed by atoms with Gasteiger partial charge >= 0.3 is 0 Å². The number of likely N-dealkylation sites (tertiary alicyclic amines) is 1. The van der Waals surface area contributed by atoms with Crippen LogP contribution in [-0.2, 0) is 4.79 Å². The van der Waals surface area contributed by atoms with Crippen LogP contribution in [0.2, 0.25) is 0 Å². The van der Waals surface area contributed by atoms with Gasteiger partial charge in [0, 0.05) is 19.7 Å². The lowest BCUT2D eigenvalue weighted by atomic mass is 9.98. The van der Waals surface area contributed by atoms with Crippen molar-refractivity contribution in [3.63, 3.8) is 0 Å². The smallest absolute Gasteiger partial charge is 0.260 e. The number of carbonyl (C=O) groups is 1. The molecule has 5 heteroatoms. The number of hydrogen-bond acceptors (Lipinski definition) is 3. The third-order valence-corrected chi connectivity index (χ3v) is 3.41. The van der Waals surface area contributed by atoms with Crippen LogP contribution in [0, 0.1) is 11.7 Å². The average molecular weight is 267 g/mol. The van der Waals surface area contributed by atoms with Gasteiger partial charge in [0.25, 0.3) is 5.91 Å². The normalized spacial score (nSPS) is 16.4. The van der Waals surface area contributed by atoms with E-state index in [-0.39, 0.29) is 30.8 Å². The molecule has 4 nitrogen and oxygen atoms in total. The van der Waals surface area contributed by atoms with E-state index in [2.05, 4.69) is 0 Å². The van der Waals surface area contributed by atoms with Crippen LogP contribution in [0.25, 0.3) is 0 Å². The molecule has 1 aliphatic heterocycles. The zero-order valence-corrected chi connectivity index (χ0v) is 10.7. The first-order valence-electron chi connectivity index (χ1n) is 6.46. The molecule has 1 fully saturated rings. The minimum Gasteiger partial charge on any atom is -0.481 e. The molecule has 1 saturated heterocycles. The van der Waals surface area contributed by atoms with Gasteiger partial charge in [-0.1, -0.05) is 12.1 Å². The first-order valence-corrected chi connectivity index (χ1v) is 6.46. The van der Waals surface area contributed by atoms with Gasteiger partial charge in [0.2, 0.25) is 0 Å². The third kappa shape index (κ3) is 3.67. The topological polar surface area (TPSA) is 49.8 Å². The monoisotopic (exact) mass is 267 g/mol. The van der Waals surface area contributed by atoms with E-state index in [9.17, 15) is 9.18 Å². The minimum absolute atomic E-state index is 0.0982. The average Bonchev–Trinajstić information content (AvgIpc) is 2.46. The summed E-state index contributed by atoms with van der Waals surface area (Å²) in [5.74, 6) is -0.216. The Kier molecular flexibility index (Phi) is 4.74. The van der Waals surface area contributed by atoms with Crippen LogP contribution >= 0.6 is 0 Å². The van der Waals surface area contributed by atoms with E-state index in [1.54, 1.807) is 17.0 Å². The van der Waals surface area contributed by atoms with E-state index in [4.69, 9.17) is 9.84 Å². The van der Waals surface area contributed by atoms with E-state index in [1.807, 2.05) is 0 Å². The second kappa shape index (κ2) is 6.52. The molecule has 0 aliphatic carbocycles. The second-order valence-electron chi connectivity index (χ2n) is 4.73. The Labute approximate surface area is 111 Å². The van der Waals surface area contributed by atoms with E-state index in [0.717, 1.165) is 12.8 Å². The number of ether oxygens (including phenoxy) is 1. The lowest BCUT2D eigenvalue weighted by molar-refractivity contribution is -0.135. The van der Waals surface area contributed by atoms with Crippen LogP contribution in [0.5, 0.6) is 5.75 Å². The highest BCUT2D eigenvalue weighted by atomic mass is 19.1. The number of rotatable bonds is 4. The van der Waals surface area contributed by atoms with Gasteiger partial charge in [-0.2, -0.15) is 0 Å². The molecular formula is C14H18FNO3. The molecule has 1 aromatic carbocycles. The highest BCUT2D eigenvalue weighted by Crippen LogP contribution is 2.18. The Morgan fingerprint density at radius 2 is 2.05 bits per heavy atom. The zero-order valence-electron chi connectivity index (χ0n) is 10.7. The fourth-order valence-electron chi connectivity index (χ4n) is 2.16. The molecular weight excluding hydrogens is 249 g/mol. The molecule has 0 saturated carbocycles. The van der Waals surface area contributed by atoms with E-state index in [1.165, 1.54) is 12.1 Å². The lowest BCUT2D eigenvalue weighted by Gasteiger charge is -2.31. The van der Waals surface area contributed by atoms with Crippen molar-refractivity contribution in [2.45, 2.75) is 12.8 Å². The number of aliphatic hydroxyl groups is 1. The van der Waals surface area contributed by atoms with Crippen molar-refractivity contribution in [3.05, 3.63) is 30.1 Å². The first kappa shape index (κ1) is 13.8. The van der Waals surface area contributed by atoms with Gasteiger partial charge in [0.05, 0.1) is 0 Å². The predicted octanol–water partition coefficient (Wildman–Crippen LogP) is 1.44. The molecule has 104 valence electrons. The van der Waals surface area contributed by atoms with Crippen molar-refractivity contribution in [1.29, 1.82) is 0 Å². The van der Waals surface area contributed by atoms with Crippen molar-refractivity contribution >= 4 is 5.91 Å². The number of halogens is 1. The summed E-state index contributed by atoms with van der Waals surface area (Å²) in [7, 11) is 0. The molecule has 0 radical (unpaired) electrons. The number of nitrogens with zero attached hydrogens (tertiary/aromatic N) is 1. The van der Waals surface area contributed by atoms with Crippen LogP contribution in [0.3, 0.4) is 0 Å². The SMILES string of the molecule is O=C(COc1ccccc1F)N1CCC(CO)CC1. The number of hydrogen-bond donors (Lipinski definition) is 1. The molecule has 0 aromatic heterocycles. The van der Waals surface area contributed by atoms with E-state index >= 15 is 0 Å². The summed E-state index contributed by atoms with van der Waals surface area (Å²) >= 11 is 0. The standard InChI is InChI=1S/C14H18FNO3/c15-12-3-1-2-4-13(12)19-10-14(18)16-7-5-11(9-17)6-8-16/h1-4,11,17H,5-10H2. The number of para-hydroxylation sites is 1. The van der Waals surface area contributed by atoms with Crippen molar-refractivity contribution < 1.29 is 19.0 Å². The van der Waals surface area contributed by atoms with Gasteiger partial charge in [-0.15, -0.1) is 0 Å². The third-order valence-electron chi connectivity index (χ3n) is 3.41. The fourth-order valence-corrected chi connectivity index (χ4v) is 2.16. The molecule has 0 bridgehead atoms. The lowest BCUT2D eigenvalue weighted by Crippen LogP contribution is -2.41. The maximum atomic E-state index is 13.3. The molecule has 19 heavy (non-hydrogen) atoms. The fraction of sp³-hybridized carbons (Fsp3) is 0.500. The summed E-state index contributed by atoms with van der Waals surface area (Å²) in [6, 6.07) is 6.03. The van der Waals surface area contributed by atoms with Crippen molar-refractivity contribution in [2.75, 3.05) is 26.3 Å². The van der Waals surface area contributed by atoms with Crippen LogP contribution in [0.15, 0.2) is 24.3 Å². The molecule has 1 heterocycles. The largest absolute Gasteiger partial charge is 0.481 e. The Bertz CT molecular complexity index is 430. The van der Waals surface area contributed by atoms with Crippen LogP contribution < -0.4 is 4.74 Å². The number of piperidine rings is 1. The summed E-state index contributed by atoms with van der Waals surface area (Å²) in [5.41, 5.74) is 0. The van der Waals surface area contributed by atoms with Gasteiger partial charge < -0.3 is 14.7 Å². The summed E-state index contributed by atoms with van der Waals surface area (Å²) < 4.78 is 18.5.